The van der Waals surface area contributed by atoms with E-state index >= 15 is 0 Å². The number of fused-ring (bicyclic) bond motifs is 1. The molecule has 0 spiro atoms. The van der Waals surface area contributed by atoms with E-state index < -0.39 is 0 Å². The predicted octanol–water partition coefficient (Wildman–Crippen LogP) is 5.70. The van der Waals surface area contributed by atoms with Gasteiger partial charge in [-0.1, -0.05) is 46.3 Å². The monoisotopic (exact) mass is 332 g/mol. The molecule has 3 aromatic carbocycles. The van der Waals surface area contributed by atoms with Crippen LogP contribution in [-0.4, -0.2) is 0 Å². The second kappa shape index (κ2) is 4.99. The Morgan fingerprint density at radius 1 is 0.842 bits per heavy atom. The standard InChI is InChI=1S/C16H10BrFS/c17-12-5-6-13(15(18)9-12)14-7-10-3-1-2-4-11(10)8-16(14)19/h1-9,19H. The molecule has 0 N–H and O–H groups in total. The molecule has 19 heavy (non-hydrogen) atoms. The van der Waals surface area contributed by atoms with Crippen LogP contribution in [0.15, 0.2) is 64.0 Å². The van der Waals surface area contributed by atoms with Crippen molar-refractivity contribution in [2.75, 3.05) is 0 Å². The Morgan fingerprint density at radius 3 is 2.21 bits per heavy atom. The van der Waals surface area contributed by atoms with E-state index in [1.54, 1.807) is 6.07 Å². The van der Waals surface area contributed by atoms with Crippen molar-refractivity contribution < 1.29 is 4.39 Å². The summed E-state index contributed by atoms with van der Waals surface area (Å²) in [5.41, 5.74) is 1.38. The molecule has 0 saturated heterocycles. The van der Waals surface area contributed by atoms with Crippen LogP contribution in [0.2, 0.25) is 0 Å². The normalized spacial score (nSPS) is 10.9. The third-order valence-electron chi connectivity index (χ3n) is 3.09. The Hall–Kier alpha value is -1.32. The lowest BCUT2D eigenvalue weighted by Crippen LogP contribution is -1.87. The van der Waals surface area contributed by atoms with Gasteiger partial charge in [-0.25, -0.2) is 4.39 Å². The molecule has 0 heterocycles. The first-order chi connectivity index (χ1) is 9.15. The maximum absolute atomic E-state index is 14.1. The van der Waals surface area contributed by atoms with Crippen LogP contribution in [0.5, 0.6) is 0 Å². The molecule has 0 aliphatic heterocycles. The van der Waals surface area contributed by atoms with Crippen molar-refractivity contribution in [1.29, 1.82) is 0 Å². The van der Waals surface area contributed by atoms with Gasteiger partial charge in [0.15, 0.2) is 0 Å². The van der Waals surface area contributed by atoms with Gasteiger partial charge in [-0.15, -0.1) is 12.6 Å². The molecule has 3 aromatic rings. The van der Waals surface area contributed by atoms with Crippen LogP contribution >= 0.6 is 28.6 Å². The molecule has 0 nitrogen and oxygen atoms in total. The van der Waals surface area contributed by atoms with Gasteiger partial charge in [0.05, 0.1) is 0 Å². The minimum absolute atomic E-state index is 0.250. The lowest BCUT2D eigenvalue weighted by atomic mass is 10.0. The average Bonchev–Trinajstić information content (AvgIpc) is 2.38. The molecule has 0 saturated carbocycles. The van der Waals surface area contributed by atoms with Crippen LogP contribution in [0.4, 0.5) is 4.39 Å². The fraction of sp³-hybridized carbons (Fsp3) is 0. The van der Waals surface area contributed by atoms with Gasteiger partial charge >= 0.3 is 0 Å². The molecular weight excluding hydrogens is 323 g/mol. The van der Waals surface area contributed by atoms with Gasteiger partial charge < -0.3 is 0 Å². The summed E-state index contributed by atoms with van der Waals surface area (Å²) in [6.45, 7) is 0. The van der Waals surface area contributed by atoms with Gasteiger partial charge in [-0.3, -0.25) is 0 Å². The van der Waals surface area contributed by atoms with Gasteiger partial charge in [0, 0.05) is 14.9 Å². The fourth-order valence-corrected chi connectivity index (χ4v) is 2.81. The molecule has 0 fully saturated rings. The molecule has 0 amide bonds. The number of hydrogen-bond acceptors (Lipinski definition) is 1. The summed E-state index contributed by atoms with van der Waals surface area (Å²) < 4.78 is 14.8. The average molecular weight is 333 g/mol. The van der Waals surface area contributed by atoms with Crippen LogP contribution in [0.3, 0.4) is 0 Å². The first kappa shape index (κ1) is 12.7. The van der Waals surface area contributed by atoms with Crippen LogP contribution in [0.1, 0.15) is 0 Å². The van der Waals surface area contributed by atoms with Gasteiger partial charge in [-0.2, -0.15) is 0 Å². The third kappa shape index (κ3) is 2.40. The van der Waals surface area contributed by atoms with Crippen LogP contribution in [0.25, 0.3) is 21.9 Å². The lowest BCUT2D eigenvalue weighted by molar-refractivity contribution is 0.630. The number of thiol groups is 1. The Labute approximate surface area is 124 Å². The van der Waals surface area contributed by atoms with E-state index in [4.69, 9.17) is 0 Å². The minimum Gasteiger partial charge on any atom is -0.206 e. The van der Waals surface area contributed by atoms with Gasteiger partial charge in [0.25, 0.3) is 0 Å². The zero-order valence-electron chi connectivity index (χ0n) is 9.90. The van der Waals surface area contributed by atoms with Crippen molar-refractivity contribution in [3.8, 4) is 11.1 Å². The van der Waals surface area contributed by atoms with Crippen molar-refractivity contribution in [3.63, 3.8) is 0 Å². The number of rotatable bonds is 1. The quantitative estimate of drug-likeness (QED) is 0.543. The summed E-state index contributed by atoms with van der Waals surface area (Å²) in [4.78, 5) is 0.778. The molecule has 94 valence electrons. The number of halogens is 2. The molecule has 0 bridgehead atoms. The zero-order chi connectivity index (χ0) is 13.4. The highest BCUT2D eigenvalue weighted by molar-refractivity contribution is 9.10. The van der Waals surface area contributed by atoms with Crippen LogP contribution in [-0.2, 0) is 0 Å². The van der Waals surface area contributed by atoms with E-state index in [1.807, 2.05) is 42.5 Å². The Balaban J connectivity index is 2.27. The Bertz CT molecular complexity index is 768. The van der Waals surface area contributed by atoms with Gasteiger partial charge in [0.1, 0.15) is 5.82 Å². The lowest BCUT2D eigenvalue weighted by Gasteiger charge is -2.09. The molecule has 0 aliphatic carbocycles. The summed E-state index contributed by atoms with van der Waals surface area (Å²) in [6, 6.07) is 17.0. The summed E-state index contributed by atoms with van der Waals surface area (Å²) >= 11 is 7.75. The SMILES string of the molecule is Fc1cc(Br)ccc1-c1cc2ccccc2cc1S. The van der Waals surface area contributed by atoms with Crippen LogP contribution < -0.4 is 0 Å². The van der Waals surface area contributed by atoms with Crippen molar-refractivity contribution in [3.05, 3.63) is 64.9 Å². The summed E-state index contributed by atoms with van der Waals surface area (Å²) in [5, 5.41) is 2.19. The van der Waals surface area contributed by atoms with E-state index in [9.17, 15) is 4.39 Å². The second-order valence-corrected chi connectivity index (χ2v) is 5.74. The molecule has 0 aromatic heterocycles. The van der Waals surface area contributed by atoms with Gasteiger partial charge in [0.2, 0.25) is 0 Å². The summed E-state index contributed by atoms with van der Waals surface area (Å²) in [6.07, 6.45) is 0. The molecule has 0 aliphatic rings. The van der Waals surface area contributed by atoms with E-state index in [0.29, 0.717) is 5.56 Å². The van der Waals surface area contributed by atoms with Crippen molar-refractivity contribution in [2.24, 2.45) is 0 Å². The molecular formula is C16H10BrFS. The third-order valence-corrected chi connectivity index (χ3v) is 3.95. The fourth-order valence-electron chi connectivity index (χ4n) is 2.15. The minimum atomic E-state index is -0.250. The Kier molecular flexibility index (Phi) is 3.33. The Morgan fingerprint density at radius 2 is 1.53 bits per heavy atom. The molecule has 0 radical (unpaired) electrons. The number of benzene rings is 3. The van der Waals surface area contributed by atoms with E-state index in [-0.39, 0.29) is 5.82 Å². The highest BCUT2D eigenvalue weighted by Crippen LogP contribution is 2.33. The number of hydrogen-bond donors (Lipinski definition) is 1. The molecule has 3 rings (SSSR count). The van der Waals surface area contributed by atoms with Crippen molar-refractivity contribution in [2.45, 2.75) is 4.90 Å². The maximum Gasteiger partial charge on any atom is 0.132 e. The molecule has 0 unspecified atom stereocenters. The van der Waals surface area contributed by atoms with E-state index in [0.717, 1.165) is 25.7 Å². The summed E-state index contributed by atoms with van der Waals surface area (Å²) in [5.74, 6) is -0.250. The largest absolute Gasteiger partial charge is 0.206 e. The topological polar surface area (TPSA) is 0 Å². The smallest absolute Gasteiger partial charge is 0.132 e. The first-order valence-electron chi connectivity index (χ1n) is 5.82. The van der Waals surface area contributed by atoms with Gasteiger partial charge in [-0.05, 0) is 40.6 Å². The van der Waals surface area contributed by atoms with E-state index in [2.05, 4.69) is 28.6 Å². The highest BCUT2D eigenvalue weighted by atomic mass is 79.9. The zero-order valence-corrected chi connectivity index (χ0v) is 12.4. The summed E-state index contributed by atoms with van der Waals surface area (Å²) in [7, 11) is 0. The van der Waals surface area contributed by atoms with Crippen molar-refractivity contribution >= 4 is 39.3 Å². The predicted molar refractivity (Wildman–Crippen MR) is 84.3 cm³/mol. The maximum atomic E-state index is 14.1. The second-order valence-electron chi connectivity index (χ2n) is 4.34. The van der Waals surface area contributed by atoms with Crippen molar-refractivity contribution in [1.82, 2.24) is 0 Å². The highest BCUT2D eigenvalue weighted by Gasteiger charge is 2.09. The van der Waals surface area contributed by atoms with E-state index in [1.165, 1.54) is 6.07 Å². The molecule has 0 atom stereocenters. The molecule has 3 heteroatoms. The first-order valence-corrected chi connectivity index (χ1v) is 7.06. The van der Waals surface area contributed by atoms with Crippen LogP contribution in [0, 0.1) is 5.82 Å².